The summed E-state index contributed by atoms with van der Waals surface area (Å²) in [5.41, 5.74) is -2.22. The Bertz CT molecular complexity index is 1300. The van der Waals surface area contributed by atoms with Crippen molar-refractivity contribution in [3.63, 3.8) is 0 Å². The molecule has 2 aromatic rings. The van der Waals surface area contributed by atoms with Crippen molar-refractivity contribution in [2.24, 2.45) is 5.41 Å². The van der Waals surface area contributed by atoms with Crippen LogP contribution < -0.4 is 14.8 Å². The number of pyridine rings is 1. The third-order valence-electron chi connectivity index (χ3n) is 5.38. The van der Waals surface area contributed by atoms with E-state index in [-0.39, 0.29) is 46.7 Å². The van der Waals surface area contributed by atoms with Gasteiger partial charge in [0.1, 0.15) is 22.1 Å². The number of carbonyl (C=O) groups excluding carboxylic acids is 1. The fraction of sp³-hybridized carbons (Fsp3) is 0.400. The van der Waals surface area contributed by atoms with Crippen LogP contribution in [0.25, 0.3) is 5.82 Å². The van der Waals surface area contributed by atoms with E-state index < -0.39 is 39.0 Å². The first-order valence-corrected chi connectivity index (χ1v) is 12.0. The molecule has 190 valence electrons. The van der Waals surface area contributed by atoms with Gasteiger partial charge < -0.3 is 15.5 Å². The summed E-state index contributed by atoms with van der Waals surface area (Å²) in [6.07, 6.45) is -2.97. The molecular weight excluding hydrogens is 513 g/mol. The quantitative estimate of drug-likeness (QED) is 0.331. The number of carbonyl (C=O) groups is 1. The van der Waals surface area contributed by atoms with E-state index in [1.165, 1.54) is 50.0 Å². The number of ether oxygens (including phenoxy) is 1. The van der Waals surface area contributed by atoms with Gasteiger partial charge in [-0.25, -0.2) is 22.8 Å². The first-order chi connectivity index (χ1) is 16.2. The Balaban J connectivity index is 1.75. The van der Waals surface area contributed by atoms with E-state index in [2.05, 4.69) is 15.4 Å². The maximum absolute atomic E-state index is 13.0. The number of hydrogen-bond acceptors (Lipinski definition) is 8. The van der Waals surface area contributed by atoms with Gasteiger partial charge in [0.05, 0.1) is 11.3 Å². The highest BCUT2D eigenvalue weighted by Gasteiger charge is 2.64. The summed E-state index contributed by atoms with van der Waals surface area (Å²) < 4.78 is 72.6. The molecule has 0 radical (unpaired) electrons. The topological polar surface area (TPSA) is 139 Å². The third-order valence-corrected chi connectivity index (χ3v) is 7.27. The van der Waals surface area contributed by atoms with Crippen molar-refractivity contribution >= 4 is 33.2 Å². The number of halogens is 4. The Kier molecular flexibility index (Phi) is 7.18. The van der Waals surface area contributed by atoms with Gasteiger partial charge in [0.15, 0.2) is 5.82 Å². The van der Waals surface area contributed by atoms with Crippen LogP contribution in [0.5, 0.6) is 5.88 Å². The van der Waals surface area contributed by atoms with E-state index in [0.717, 1.165) is 0 Å². The predicted octanol–water partition coefficient (Wildman–Crippen LogP) is 3.19. The Labute approximate surface area is 204 Å². The van der Waals surface area contributed by atoms with Crippen molar-refractivity contribution in [2.45, 2.75) is 32.9 Å². The summed E-state index contributed by atoms with van der Waals surface area (Å²) in [6.45, 7) is 2.16. The molecule has 0 spiro atoms. The van der Waals surface area contributed by atoms with E-state index in [9.17, 15) is 26.4 Å². The van der Waals surface area contributed by atoms with Crippen LogP contribution in [-0.2, 0) is 10.0 Å². The lowest BCUT2D eigenvalue weighted by Crippen LogP contribution is -2.35. The van der Waals surface area contributed by atoms with Crippen LogP contribution in [0.2, 0.25) is 5.15 Å². The Morgan fingerprint density at radius 3 is 2.46 bits per heavy atom. The number of alkyl halides is 3. The number of sulfonamides is 1. The molecule has 0 saturated heterocycles. The molecule has 15 heteroatoms. The van der Waals surface area contributed by atoms with E-state index in [1.807, 2.05) is 4.72 Å². The standard InChI is InChI=1S/C20H22ClF3N6O4S/c1-11(25)16(12(2)26-3)35(32,33)29-18(31)13-4-5-14(27-17(13)21)30-9-6-15(28-30)34-10-19(7-8-19)20(22,23)24/h4-6,9,25-26H,7-8,10H2,1-3H3,(H,29,31)/b16-12+,25-11?. The van der Waals surface area contributed by atoms with E-state index in [1.54, 1.807) is 0 Å². The lowest BCUT2D eigenvalue weighted by Gasteiger charge is -2.18. The molecule has 35 heavy (non-hydrogen) atoms. The number of nitrogens with one attached hydrogen (secondary N) is 3. The second-order valence-electron chi connectivity index (χ2n) is 7.94. The fourth-order valence-corrected chi connectivity index (χ4v) is 4.73. The number of amides is 1. The summed E-state index contributed by atoms with van der Waals surface area (Å²) in [7, 11) is -2.91. The molecular formula is C20H22ClF3N6O4S. The Morgan fingerprint density at radius 2 is 1.94 bits per heavy atom. The number of rotatable bonds is 9. The van der Waals surface area contributed by atoms with Crippen molar-refractivity contribution in [2.75, 3.05) is 13.7 Å². The van der Waals surface area contributed by atoms with Gasteiger partial charge >= 0.3 is 6.18 Å². The minimum Gasteiger partial charge on any atom is -0.476 e. The molecule has 2 aromatic heterocycles. The zero-order valence-electron chi connectivity index (χ0n) is 18.8. The van der Waals surface area contributed by atoms with Gasteiger partial charge in [0, 0.05) is 25.0 Å². The van der Waals surface area contributed by atoms with Crippen molar-refractivity contribution in [3.05, 3.63) is 45.7 Å². The largest absolute Gasteiger partial charge is 0.476 e. The fourth-order valence-electron chi connectivity index (χ4n) is 3.13. The van der Waals surface area contributed by atoms with Gasteiger partial charge in [-0.15, -0.1) is 5.10 Å². The van der Waals surface area contributed by atoms with Crippen LogP contribution in [0.4, 0.5) is 13.2 Å². The van der Waals surface area contributed by atoms with Crippen LogP contribution in [0.15, 0.2) is 35.0 Å². The zero-order valence-corrected chi connectivity index (χ0v) is 20.4. The molecule has 10 nitrogen and oxygen atoms in total. The number of allylic oxidation sites excluding steroid dienone is 2. The molecule has 1 amide bonds. The minimum absolute atomic E-state index is 0.00117. The summed E-state index contributed by atoms with van der Waals surface area (Å²) in [6, 6.07) is 3.89. The number of hydrogen-bond donors (Lipinski definition) is 3. The average Bonchev–Trinajstić information content (AvgIpc) is 3.41. The molecule has 3 N–H and O–H groups in total. The molecule has 0 aromatic carbocycles. The van der Waals surface area contributed by atoms with Crippen molar-refractivity contribution in [1.82, 2.24) is 24.8 Å². The average molecular weight is 535 g/mol. The highest BCUT2D eigenvalue weighted by atomic mass is 35.5. The van der Waals surface area contributed by atoms with Gasteiger partial charge in [-0.3, -0.25) is 4.79 Å². The molecule has 3 rings (SSSR count). The highest BCUT2D eigenvalue weighted by Crippen LogP contribution is 2.57. The molecule has 0 bridgehead atoms. The monoisotopic (exact) mass is 534 g/mol. The van der Waals surface area contributed by atoms with Gasteiger partial charge in [0.2, 0.25) is 5.88 Å². The van der Waals surface area contributed by atoms with Crippen LogP contribution in [0.1, 0.15) is 37.0 Å². The van der Waals surface area contributed by atoms with Gasteiger partial charge in [-0.2, -0.15) is 13.2 Å². The molecule has 1 aliphatic rings. The van der Waals surface area contributed by atoms with Crippen molar-refractivity contribution in [1.29, 1.82) is 5.41 Å². The Morgan fingerprint density at radius 1 is 1.29 bits per heavy atom. The SMILES string of the molecule is CN/C(C)=C(\C(C)=N)S(=O)(=O)NC(=O)c1ccc(-n2ccc(OCC3(C(F)(F)F)CC3)n2)nc1Cl. The van der Waals surface area contributed by atoms with Crippen LogP contribution >= 0.6 is 11.6 Å². The minimum atomic E-state index is -4.39. The smallest absolute Gasteiger partial charge is 0.397 e. The summed E-state index contributed by atoms with van der Waals surface area (Å²) in [5.74, 6) is -1.00. The van der Waals surface area contributed by atoms with Crippen molar-refractivity contribution in [3.8, 4) is 11.7 Å². The molecule has 1 fully saturated rings. The van der Waals surface area contributed by atoms with E-state index in [0.29, 0.717) is 0 Å². The maximum atomic E-state index is 13.0. The molecule has 1 saturated carbocycles. The van der Waals surface area contributed by atoms with Crippen molar-refractivity contribution < 1.29 is 31.1 Å². The summed E-state index contributed by atoms with van der Waals surface area (Å²) in [4.78, 5) is 16.2. The maximum Gasteiger partial charge on any atom is 0.397 e. The molecule has 2 heterocycles. The zero-order chi connectivity index (χ0) is 26.2. The first-order valence-electron chi connectivity index (χ1n) is 10.1. The molecule has 0 unspecified atom stereocenters. The first kappa shape index (κ1) is 26.5. The molecule has 0 aliphatic heterocycles. The summed E-state index contributed by atoms with van der Waals surface area (Å²) in [5, 5.41) is 14.0. The summed E-state index contributed by atoms with van der Waals surface area (Å²) >= 11 is 6.09. The van der Waals surface area contributed by atoms with Gasteiger partial charge in [-0.1, -0.05) is 11.6 Å². The molecule has 0 atom stereocenters. The lowest BCUT2D eigenvalue weighted by molar-refractivity contribution is -0.194. The highest BCUT2D eigenvalue weighted by molar-refractivity contribution is 7.95. The van der Waals surface area contributed by atoms with E-state index in [4.69, 9.17) is 21.7 Å². The van der Waals surface area contributed by atoms with Crippen LogP contribution in [0.3, 0.4) is 0 Å². The number of aromatic nitrogens is 3. The Hall–Kier alpha value is -3.13. The van der Waals surface area contributed by atoms with E-state index >= 15 is 0 Å². The lowest BCUT2D eigenvalue weighted by atomic mass is 10.1. The predicted molar refractivity (Wildman–Crippen MR) is 121 cm³/mol. The second-order valence-corrected chi connectivity index (χ2v) is 9.91. The van der Waals surface area contributed by atoms with Gasteiger partial charge in [0.25, 0.3) is 15.9 Å². The van der Waals surface area contributed by atoms with Crippen LogP contribution in [-0.4, -0.2) is 54.6 Å². The normalized spacial score (nSPS) is 15.7. The van der Waals surface area contributed by atoms with Gasteiger partial charge in [-0.05, 0) is 38.8 Å². The molecule has 1 aliphatic carbocycles. The van der Waals surface area contributed by atoms with Crippen LogP contribution in [0, 0.1) is 10.8 Å². The third kappa shape index (κ3) is 5.59. The number of nitrogens with zero attached hydrogens (tertiary/aromatic N) is 3. The second kappa shape index (κ2) is 9.49.